The van der Waals surface area contributed by atoms with E-state index in [2.05, 4.69) is 20.8 Å². The average molecular weight is 296 g/mol. The van der Waals surface area contributed by atoms with Crippen LogP contribution in [0.4, 0.5) is 5.69 Å². The Morgan fingerprint density at radius 3 is 2.70 bits per heavy atom. The van der Waals surface area contributed by atoms with Crippen LogP contribution in [0.2, 0.25) is 0 Å². The predicted molar refractivity (Wildman–Crippen MR) is 88.5 cm³/mol. The van der Waals surface area contributed by atoms with Gasteiger partial charge in [0.25, 0.3) is 0 Å². The number of halogens is 1. The third-order valence-electron chi connectivity index (χ3n) is 4.16. The third kappa shape index (κ3) is 4.17. The van der Waals surface area contributed by atoms with Crippen molar-refractivity contribution >= 4 is 18.1 Å². The Kier molecular flexibility index (Phi) is 5.94. The number of hydrogen-bond donors (Lipinski definition) is 1. The molecule has 2 rings (SSSR count). The van der Waals surface area contributed by atoms with Gasteiger partial charge in [0, 0.05) is 18.2 Å². The fourth-order valence-electron chi connectivity index (χ4n) is 3.10. The average Bonchev–Trinajstić information content (AvgIpc) is 2.32. The second kappa shape index (κ2) is 7.03. The summed E-state index contributed by atoms with van der Waals surface area (Å²) < 4.78 is 5.82. The van der Waals surface area contributed by atoms with Crippen molar-refractivity contribution in [1.29, 1.82) is 0 Å². The van der Waals surface area contributed by atoms with Gasteiger partial charge < -0.3 is 10.5 Å². The molecule has 0 saturated carbocycles. The van der Waals surface area contributed by atoms with Crippen LogP contribution in [0.3, 0.4) is 0 Å². The number of rotatable bonds is 4. The number of benzene rings is 1. The van der Waals surface area contributed by atoms with Crippen molar-refractivity contribution < 1.29 is 4.74 Å². The Morgan fingerprint density at radius 1 is 1.30 bits per heavy atom. The highest BCUT2D eigenvalue weighted by Gasteiger charge is 2.27. The molecule has 0 heterocycles. The molecule has 3 heteroatoms. The zero-order valence-electron chi connectivity index (χ0n) is 12.7. The number of nitrogens with two attached hydrogens (primary N) is 1. The monoisotopic (exact) mass is 295 g/mol. The summed E-state index contributed by atoms with van der Waals surface area (Å²) >= 11 is 0. The summed E-state index contributed by atoms with van der Waals surface area (Å²) in [7, 11) is 0. The van der Waals surface area contributed by atoms with Gasteiger partial charge in [-0.2, -0.15) is 0 Å². The maximum absolute atomic E-state index is 5.82. The molecular formula is C17H26ClNO. The highest BCUT2D eigenvalue weighted by atomic mass is 35.5. The van der Waals surface area contributed by atoms with Crippen LogP contribution in [-0.4, -0.2) is 6.61 Å². The fourth-order valence-corrected chi connectivity index (χ4v) is 3.10. The van der Waals surface area contributed by atoms with E-state index in [1.54, 1.807) is 11.1 Å². The smallest absolute Gasteiger partial charge is 0.121 e. The van der Waals surface area contributed by atoms with Crippen molar-refractivity contribution in [2.45, 2.75) is 46.5 Å². The molecule has 2 N–H and O–H groups in total. The number of ether oxygens (including phenoxy) is 1. The van der Waals surface area contributed by atoms with Crippen LogP contribution < -0.4 is 10.5 Å². The molecule has 0 unspecified atom stereocenters. The molecule has 1 aromatic rings. The van der Waals surface area contributed by atoms with Crippen LogP contribution in [0.5, 0.6) is 5.75 Å². The van der Waals surface area contributed by atoms with Gasteiger partial charge in [0.2, 0.25) is 0 Å². The number of nitrogen functional groups attached to an aromatic ring is 1. The van der Waals surface area contributed by atoms with E-state index in [9.17, 15) is 0 Å². The summed E-state index contributed by atoms with van der Waals surface area (Å²) in [6.45, 7) is 7.72. The van der Waals surface area contributed by atoms with E-state index in [1.807, 2.05) is 24.3 Å². The standard InChI is InChI=1S/C17H25NO.ClH/c1-13-6-5-10-17(2,3)16(13)9-11-19-15-8-4-7-14(18)12-15;/h4,7-8,12H,5-6,9-11,18H2,1-3H3;1H. The minimum absolute atomic E-state index is 0. The van der Waals surface area contributed by atoms with E-state index < -0.39 is 0 Å². The van der Waals surface area contributed by atoms with E-state index in [-0.39, 0.29) is 12.4 Å². The molecule has 0 aromatic heterocycles. The molecule has 0 saturated heterocycles. The van der Waals surface area contributed by atoms with Crippen LogP contribution in [0.1, 0.15) is 46.5 Å². The van der Waals surface area contributed by atoms with Crippen molar-refractivity contribution in [2.24, 2.45) is 5.41 Å². The highest BCUT2D eigenvalue weighted by molar-refractivity contribution is 5.85. The van der Waals surface area contributed by atoms with Crippen molar-refractivity contribution in [3.63, 3.8) is 0 Å². The number of anilines is 1. The first-order chi connectivity index (χ1) is 8.99. The molecule has 0 radical (unpaired) electrons. The largest absolute Gasteiger partial charge is 0.493 e. The fraction of sp³-hybridized carbons (Fsp3) is 0.529. The maximum Gasteiger partial charge on any atom is 0.121 e. The summed E-state index contributed by atoms with van der Waals surface area (Å²) in [5, 5.41) is 0. The molecule has 0 spiro atoms. The first-order valence-electron chi connectivity index (χ1n) is 7.16. The summed E-state index contributed by atoms with van der Waals surface area (Å²) in [5.74, 6) is 0.867. The Balaban J connectivity index is 0.00000200. The van der Waals surface area contributed by atoms with Gasteiger partial charge in [0.1, 0.15) is 5.75 Å². The Bertz CT molecular complexity index is 480. The topological polar surface area (TPSA) is 35.2 Å². The Hall–Kier alpha value is -1.15. The lowest BCUT2D eigenvalue weighted by atomic mass is 9.72. The molecule has 1 aliphatic carbocycles. The van der Waals surface area contributed by atoms with Crippen molar-refractivity contribution in [2.75, 3.05) is 12.3 Å². The van der Waals surface area contributed by atoms with Crippen molar-refractivity contribution in [3.05, 3.63) is 35.4 Å². The van der Waals surface area contributed by atoms with Crippen LogP contribution in [0, 0.1) is 5.41 Å². The van der Waals surface area contributed by atoms with Gasteiger partial charge in [-0.25, -0.2) is 0 Å². The minimum atomic E-state index is 0. The normalized spacial score (nSPS) is 17.6. The SMILES string of the molecule is CC1=C(CCOc2cccc(N)c2)C(C)(C)CCC1.Cl. The molecule has 112 valence electrons. The molecule has 2 nitrogen and oxygen atoms in total. The second-order valence-corrected chi connectivity index (χ2v) is 6.17. The van der Waals surface area contributed by atoms with E-state index in [0.29, 0.717) is 5.41 Å². The van der Waals surface area contributed by atoms with Crippen LogP contribution in [0.25, 0.3) is 0 Å². The Morgan fingerprint density at radius 2 is 2.05 bits per heavy atom. The summed E-state index contributed by atoms with van der Waals surface area (Å²) in [6, 6.07) is 7.65. The van der Waals surface area contributed by atoms with Gasteiger partial charge in [-0.15, -0.1) is 12.4 Å². The van der Waals surface area contributed by atoms with Gasteiger partial charge in [-0.1, -0.05) is 31.1 Å². The minimum Gasteiger partial charge on any atom is -0.493 e. The summed E-state index contributed by atoms with van der Waals surface area (Å²) in [4.78, 5) is 0. The molecular weight excluding hydrogens is 270 g/mol. The lowest BCUT2D eigenvalue weighted by molar-refractivity contribution is 0.289. The van der Waals surface area contributed by atoms with Gasteiger partial charge >= 0.3 is 0 Å². The van der Waals surface area contributed by atoms with Gasteiger partial charge in [0.05, 0.1) is 6.61 Å². The van der Waals surface area contributed by atoms with E-state index >= 15 is 0 Å². The predicted octanol–water partition coefficient (Wildman–Crippen LogP) is 4.99. The van der Waals surface area contributed by atoms with Gasteiger partial charge in [-0.3, -0.25) is 0 Å². The van der Waals surface area contributed by atoms with E-state index in [4.69, 9.17) is 10.5 Å². The van der Waals surface area contributed by atoms with E-state index in [1.165, 1.54) is 19.3 Å². The van der Waals surface area contributed by atoms with Gasteiger partial charge in [0.15, 0.2) is 0 Å². The molecule has 20 heavy (non-hydrogen) atoms. The van der Waals surface area contributed by atoms with E-state index in [0.717, 1.165) is 24.5 Å². The quantitative estimate of drug-likeness (QED) is 0.627. The lowest BCUT2D eigenvalue weighted by Gasteiger charge is -2.34. The zero-order chi connectivity index (χ0) is 13.9. The maximum atomic E-state index is 5.82. The zero-order valence-corrected chi connectivity index (χ0v) is 13.6. The third-order valence-corrected chi connectivity index (χ3v) is 4.16. The summed E-state index contributed by atoms with van der Waals surface area (Å²) in [6.07, 6.45) is 4.88. The second-order valence-electron chi connectivity index (χ2n) is 6.17. The number of hydrogen-bond acceptors (Lipinski definition) is 2. The first kappa shape index (κ1) is 16.9. The highest BCUT2D eigenvalue weighted by Crippen LogP contribution is 2.41. The Labute approximate surface area is 128 Å². The first-order valence-corrected chi connectivity index (χ1v) is 7.16. The molecule has 0 aliphatic heterocycles. The molecule has 0 bridgehead atoms. The van der Waals surface area contributed by atoms with Crippen molar-refractivity contribution in [1.82, 2.24) is 0 Å². The number of allylic oxidation sites excluding steroid dienone is 1. The van der Waals surface area contributed by atoms with Crippen LogP contribution >= 0.6 is 12.4 Å². The molecule has 0 atom stereocenters. The van der Waals surface area contributed by atoms with Crippen LogP contribution in [0.15, 0.2) is 35.4 Å². The lowest BCUT2D eigenvalue weighted by Crippen LogP contribution is -2.21. The summed E-state index contributed by atoms with van der Waals surface area (Å²) in [5.41, 5.74) is 9.99. The van der Waals surface area contributed by atoms with Gasteiger partial charge in [-0.05, 0) is 43.7 Å². The molecule has 1 aliphatic rings. The van der Waals surface area contributed by atoms with Crippen LogP contribution in [-0.2, 0) is 0 Å². The molecule has 0 amide bonds. The van der Waals surface area contributed by atoms with Crippen molar-refractivity contribution in [3.8, 4) is 5.75 Å². The molecule has 1 aromatic carbocycles. The molecule has 0 fully saturated rings.